The van der Waals surface area contributed by atoms with Crippen molar-refractivity contribution in [1.29, 1.82) is 0 Å². The molecule has 2 fully saturated rings. The number of ether oxygens (including phenoxy) is 2. The molecule has 4 rings (SSSR count). The number of nitrogens with one attached hydrogen (secondary N) is 1. The monoisotopic (exact) mass is 394 g/mol. The average Bonchev–Trinajstić information content (AvgIpc) is 3.20. The molecule has 1 saturated carbocycles. The normalized spacial score (nSPS) is 21.5. The summed E-state index contributed by atoms with van der Waals surface area (Å²) in [5.74, 6) is -3.64. The number of nitrogens with zero attached hydrogens (tertiary/aromatic N) is 1. The maximum Gasteiger partial charge on any atom is 0.444 e. The molecule has 0 bridgehead atoms. The van der Waals surface area contributed by atoms with Crippen molar-refractivity contribution in [1.82, 2.24) is 4.98 Å². The summed E-state index contributed by atoms with van der Waals surface area (Å²) in [6.45, 7) is -0.377. The number of hydrogen-bond donors (Lipinski definition) is 1. The van der Waals surface area contributed by atoms with Crippen molar-refractivity contribution in [3.8, 4) is 0 Å². The van der Waals surface area contributed by atoms with Crippen molar-refractivity contribution in [2.24, 2.45) is 5.41 Å². The number of carbonyl (C=O) groups is 1. The lowest BCUT2D eigenvalue weighted by Crippen LogP contribution is -2.64. The number of para-hydroxylation sites is 1. The van der Waals surface area contributed by atoms with Gasteiger partial charge in [-0.3, -0.25) is 9.78 Å². The molecule has 28 heavy (non-hydrogen) atoms. The topological polar surface area (TPSA) is 60.5 Å². The summed E-state index contributed by atoms with van der Waals surface area (Å²) in [5, 5.41) is 3.45. The van der Waals surface area contributed by atoms with Crippen molar-refractivity contribution in [3.05, 3.63) is 36.5 Å². The molecule has 2 aliphatic rings. The Kier molecular flexibility index (Phi) is 4.79. The van der Waals surface area contributed by atoms with E-state index in [0.29, 0.717) is 18.5 Å². The summed E-state index contributed by atoms with van der Waals surface area (Å²) in [6, 6.07) is 9.02. The lowest BCUT2D eigenvalue weighted by molar-refractivity contribution is -0.382. The van der Waals surface area contributed by atoms with Gasteiger partial charge in [-0.15, -0.1) is 0 Å². The van der Waals surface area contributed by atoms with E-state index < -0.39 is 23.3 Å². The minimum atomic E-state index is -4.82. The predicted octanol–water partition coefficient (Wildman–Crippen LogP) is 4.43. The molecule has 2 aromatic rings. The molecule has 8 heteroatoms. The van der Waals surface area contributed by atoms with Gasteiger partial charge in [0.25, 0.3) is 5.79 Å². The largest absolute Gasteiger partial charge is 0.444 e. The molecule has 0 atom stereocenters. The fourth-order valence-electron chi connectivity index (χ4n) is 4.37. The van der Waals surface area contributed by atoms with Crippen LogP contribution < -0.4 is 5.32 Å². The number of hydrogen-bond acceptors (Lipinski definition) is 4. The number of benzene rings is 1. The smallest absolute Gasteiger partial charge is 0.339 e. The number of pyridine rings is 1. The van der Waals surface area contributed by atoms with E-state index >= 15 is 0 Å². The third-order valence-corrected chi connectivity index (χ3v) is 5.69. The van der Waals surface area contributed by atoms with E-state index in [1.807, 2.05) is 24.3 Å². The highest BCUT2D eigenvalue weighted by molar-refractivity contribution is 5.97. The zero-order valence-electron chi connectivity index (χ0n) is 15.2. The van der Waals surface area contributed by atoms with E-state index in [-0.39, 0.29) is 26.1 Å². The summed E-state index contributed by atoms with van der Waals surface area (Å²) in [6.07, 6.45) is -1.46. The second-order valence-corrected chi connectivity index (χ2v) is 7.32. The standard InChI is InChI=1S/C20H21F3N2O3/c21-20(22,23)19(27-10-11-28-19)18(8-4-1-5-9-18)17(26)25-15-12-14-6-2-3-7-16(14)24-13-15/h2-3,6-7,12-13H,1,4-5,8-11H2,(H,25,26). The van der Waals surface area contributed by atoms with Gasteiger partial charge in [-0.25, -0.2) is 0 Å². The Bertz CT molecular complexity index is 872. The van der Waals surface area contributed by atoms with Gasteiger partial charge in [0.2, 0.25) is 5.91 Å². The first kappa shape index (κ1) is 19.1. The van der Waals surface area contributed by atoms with Crippen LogP contribution in [0.4, 0.5) is 18.9 Å². The Morgan fingerprint density at radius 3 is 2.43 bits per heavy atom. The quantitative estimate of drug-likeness (QED) is 0.837. The summed E-state index contributed by atoms with van der Waals surface area (Å²) in [7, 11) is 0. The van der Waals surface area contributed by atoms with Gasteiger partial charge in [-0.05, 0) is 25.0 Å². The third kappa shape index (κ3) is 2.95. The average molecular weight is 394 g/mol. The molecule has 150 valence electrons. The summed E-state index contributed by atoms with van der Waals surface area (Å²) in [5.41, 5.74) is -0.739. The number of halogens is 3. The van der Waals surface area contributed by atoms with Crippen LogP contribution in [0.15, 0.2) is 36.5 Å². The maximum atomic E-state index is 14.1. The summed E-state index contributed by atoms with van der Waals surface area (Å²) >= 11 is 0. The van der Waals surface area contributed by atoms with E-state index in [1.165, 1.54) is 6.20 Å². The molecule has 1 aliphatic heterocycles. The minimum Gasteiger partial charge on any atom is -0.339 e. The lowest BCUT2D eigenvalue weighted by atomic mass is 9.66. The highest BCUT2D eigenvalue weighted by Crippen LogP contribution is 2.56. The first-order valence-electron chi connectivity index (χ1n) is 9.39. The first-order valence-corrected chi connectivity index (χ1v) is 9.39. The number of amides is 1. The van der Waals surface area contributed by atoms with E-state index in [2.05, 4.69) is 10.3 Å². The van der Waals surface area contributed by atoms with Crippen molar-refractivity contribution in [3.63, 3.8) is 0 Å². The SMILES string of the molecule is O=C(Nc1cnc2ccccc2c1)C1(C2(C(F)(F)F)OCCO2)CCCCC1. The van der Waals surface area contributed by atoms with E-state index in [4.69, 9.17) is 9.47 Å². The molecule has 1 aromatic carbocycles. The highest BCUT2D eigenvalue weighted by atomic mass is 19.4. The third-order valence-electron chi connectivity index (χ3n) is 5.69. The maximum absolute atomic E-state index is 14.1. The molecule has 1 aliphatic carbocycles. The molecule has 1 saturated heterocycles. The second kappa shape index (κ2) is 7.00. The lowest BCUT2D eigenvalue weighted by Gasteiger charge is -2.47. The van der Waals surface area contributed by atoms with Crippen molar-refractivity contribution in [2.75, 3.05) is 18.5 Å². The number of carbonyl (C=O) groups excluding carboxylic acids is 1. The van der Waals surface area contributed by atoms with Gasteiger partial charge in [-0.1, -0.05) is 37.5 Å². The van der Waals surface area contributed by atoms with Crippen molar-refractivity contribution >= 4 is 22.5 Å². The predicted molar refractivity (Wildman–Crippen MR) is 96.6 cm³/mol. The van der Waals surface area contributed by atoms with Crippen molar-refractivity contribution in [2.45, 2.75) is 44.1 Å². The Labute approximate surface area is 160 Å². The van der Waals surface area contributed by atoms with Crippen LogP contribution in [-0.2, 0) is 14.3 Å². The van der Waals surface area contributed by atoms with Gasteiger partial charge in [0, 0.05) is 5.39 Å². The Morgan fingerprint density at radius 2 is 1.75 bits per heavy atom. The fraction of sp³-hybridized carbons (Fsp3) is 0.500. The first-order chi connectivity index (χ1) is 13.4. The van der Waals surface area contributed by atoms with E-state index in [1.54, 1.807) is 6.07 Å². The van der Waals surface area contributed by atoms with Gasteiger partial charge < -0.3 is 14.8 Å². The molecule has 5 nitrogen and oxygen atoms in total. The summed E-state index contributed by atoms with van der Waals surface area (Å²) < 4.78 is 52.6. The Balaban J connectivity index is 1.71. The van der Waals surface area contributed by atoms with Gasteiger partial charge in [0.05, 0.1) is 30.6 Å². The molecule has 0 radical (unpaired) electrons. The Hall–Kier alpha value is -2.19. The minimum absolute atomic E-state index is 0.0549. The van der Waals surface area contributed by atoms with Gasteiger partial charge >= 0.3 is 6.18 Å². The van der Waals surface area contributed by atoms with Gasteiger partial charge in [0.15, 0.2) is 0 Å². The zero-order chi connectivity index (χ0) is 19.8. The van der Waals surface area contributed by atoms with Crippen LogP contribution in [0.2, 0.25) is 0 Å². The fourth-order valence-corrected chi connectivity index (χ4v) is 4.37. The molecular formula is C20H21F3N2O3. The second-order valence-electron chi connectivity index (χ2n) is 7.32. The molecule has 1 amide bonds. The van der Waals surface area contributed by atoms with Crippen LogP contribution >= 0.6 is 0 Å². The van der Waals surface area contributed by atoms with Crippen LogP contribution in [-0.4, -0.2) is 36.1 Å². The molecule has 0 spiro atoms. The van der Waals surface area contributed by atoms with Gasteiger partial charge in [-0.2, -0.15) is 13.2 Å². The molecule has 1 N–H and O–H groups in total. The number of anilines is 1. The van der Waals surface area contributed by atoms with Crippen LogP contribution in [0.1, 0.15) is 32.1 Å². The summed E-state index contributed by atoms with van der Waals surface area (Å²) in [4.78, 5) is 17.5. The van der Waals surface area contributed by atoms with Crippen LogP contribution in [0, 0.1) is 5.41 Å². The molecule has 0 unspecified atom stereocenters. The van der Waals surface area contributed by atoms with E-state index in [0.717, 1.165) is 17.3 Å². The van der Waals surface area contributed by atoms with Crippen LogP contribution in [0.5, 0.6) is 0 Å². The van der Waals surface area contributed by atoms with Crippen LogP contribution in [0.3, 0.4) is 0 Å². The number of alkyl halides is 3. The van der Waals surface area contributed by atoms with Crippen LogP contribution in [0.25, 0.3) is 10.9 Å². The molecule has 1 aromatic heterocycles. The Morgan fingerprint density at radius 1 is 1.07 bits per heavy atom. The van der Waals surface area contributed by atoms with E-state index in [9.17, 15) is 18.0 Å². The molecular weight excluding hydrogens is 373 g/mol. The number of fused-ring (bicyclic) bond motifs is 1. The van der Waals surface area contributed by atoms with Gasteiger partial charge in [0.1, 0.15) is 5.41 Å². The number of rotatable bonds is 3. The highest BCUT2D eigenvalue weighted by Gasteiger charge is 2.73. The molecule has 2 heterocycles. The van der Waals surface area contributed by atoms with Crippen molar-refractivity contribution < 1.29 is 27.4 Å². The zero-order valence-corrected chi connectivity index (χ0v) is 15.2. The number of aromatic nitrogens is 1.